The highest BCUT2D eigenvalue weighted by Crippen LogP contribution is 2.20. The second-order valence-corrected chi connectivity index (χ2v) is 2.79. The second kappa shape index (κ2) is 4.04. The van der Waals surface area contributed by atoms with Gasteiger partial charge in [-0.05, 0) is 5.46 Å². The van der Waals surface area contributed by atoms with Crippen molar-refractivity contribution in [1.29, 1.82) is 0 Å². The molecule has 2 N–H and O–H groups in total. The number of alkyl halides is 3. The first-order valence-electron chi connectivity index (χ1n) is 3.90. The molecule has 1 rings (SSSR count). The molecule has 1 aromatic rings. The van der Waals surface area contributed by atoms with Gasteiger partial charge in [-0.2, -0.15) is 13.2 Å². The van der Waals surface area contributed by atoms with E-state index in [2.05, 4.69) is 0 Å². The van der Waals surface area contributed by atoms with Crippen LogP contribution < -0.4 is 5.46 Å². The minimum Gasteiger partial charge on any atom is -0.423 e. The van der Waals surface area contributed by atoms with Gasteiger partial charge in [-0.3, -0.25) is 4.79 Å². The molecule has 0 aliphatic heterocycles. The highest BCUT2D eigenvalue weighted by molar-refractivity contribution is 6.60. The van der Waals surface area contributed by atoms with E-state index in [0.717, 1.165) is 12.1 Å². The van der Waals surface area contributed by atoms with Crippen LogP contribution in [0.3, 0.4) is 0 Å². The predicted molar refractivity (Wildman–Crippen MR) is 46.7 cm³/mol. The van der Waals surface area contributed by atoms with Gasteiger partial charge in [-0.25, -0.2) is 0 Å². The Bertz CT molecular complexity index is 376. The van der Waals surface area contributed by atoms with E-state index >= 15 is 0 Å². The third-order valence-electron chi connectivity index (χ3n) is 1.74. The molecule has 0 fully saturated rings. The first-order chi connectivity index (χ1) is 6.84. The van der Waals surface area contributed by atoms with Crippen LogP contribution in [0.25, 0.3) is 0 Å². The number of carbonyl (C=O) groups is 1. The topological polar surface area (TPSA) is 57.5 Å². The first kappa shape index (κ1) is 11.7. The third kappa shape index (κ3) is 2.57. The van der Waals surface area contributed by atoms with Gasteiger partial charge < -0.3 is 10.0 Å². The minimum atomic E-state index is -5.02. The molecule has 0 unspecified atom stereocenters. The summed E-state index contributed by atoms with van der Waals surface area (Å²) in [6.07, 6.45) is -5.02. The van der Waals surface area contributed by atoms with Crippen LogP contribution in [-0.4, -0.2) is 29.1 Å². The lowest BCUT2D eigenvalue weighted by atomic mass is 9.76. The van der Waals surface area contributed by atoms with Crippen molar-refractivity contribution in [3.63, 3.8) is 0 Å². The zero-order chi connectivity index (χ0) is 11.6. The molecule has 3 nitrogen and oxygen atoms in total. The van der Waals surface area contributed by atoms with Crippen LogP contribution in [0.2, 0.25) is 0 Å². The summed E-state index contributed by atoms with van der Waals surface area (Å²) in [5.41, 5.74) is -1.21. The Morgan fingerprint density at radius 2 is 1.73 bits per heavy atom. The normalized spacial score (nSPS) is 11.3. The Hall–Kier alpha value is -1.34. The molecule has 0 radical (unpaired) electrons. The van der Waals surface area contributed by atoms with Gasteiger partial charge >= 0.3 is 13.3 Å². The van der Waals surface area contributed by atoms with Crippen molar-refractivity contribution in [3.8, 4) is 0 Å². The molecule has 1 aromatic carbocycles. The zero-order valence-corrected chi connectivity index (χ0v) is 7.32. The molecule has 7 heteroatoms. The maximum Gasteiger partial charge on any atom is 0.489 e. The average Bonchev–Trinajstić information content (AvgIpc) is 2.15. The molecule has 0 aliphatic rings. The summed E-state index contributed by atoms with van der Waals surface area (Å²) in [5.74, 6) is -2.09. The lowest BCUT2D eigenvalue weighted by molar-refractivity contribution is -0.0884. The number of carbonyl (C=O) groups excluding carboxylic acids is 1. The Morgan fingerprint density at radius 3 is 2.20 bits per heavy atom. The van der Waals surface area contributed by atoms with Crippen molar-refractivity contribution in [1.82, 2.24) is 0 Å². The molecule has 0 atom stereocenters. The van der Waals surface area contributed by atoms with E-state index in [1.54, 1.807) is 0 Å². The van der Waals surface area contributed by atoms with Crippen molar-refractivity contribution in [3.05, 3.63) is 29.8 Å². The first-order valence-corrected chi connectivity index (χ1v) is 3.90. The quantitative estimate of drug-likeness (QED) is 0.547. The van der Waals surface area contributed by atoms with Crippen molar-refractivity contribution in [2.24, 2.45) is 0 Å². The number of benzene rings is 1. The van der Waals surface area contributed by atoms with Gasteiger partial charge in [-0.15, -0.1) is 0 Å². The van der Waals surface area contributed by atoms with Crippen molar-refractivity contribution < 1.29 is 28.0 Å². The van der Waals surface area contributed by atoms with E-state index < -0.39 is 30.1 Å². The molecule has 0 saturated heterocycles. The van der Waals surface area contributed by atoms with Crippen LogP contribution in [0.5, 0.6) is 0 Å². The van der Waals surface area contributed by atoms with E-state index in [9.17, 15) is 18.0 Å². The molecular weight excluding hydrogens is 212 g/mol. The summed E-state index contributed by atoms with van der Waals surface area (Å²) in [5, 5.41) is 17.5. The Morgan fingerprint density at radius 1 is 1.20 bits per heavy atom. The lowest BCUT2D eigenvalue weighted by Gasteiger charge is -2.09. The van der Waals surface area contributed by atoms with Crippen LogP contribution >= 0.6 is 0 Å². The van der Waals surface area contributed by atoms with Gasteiger partial charge in [0.05, 0.1) is 0 Å². The monoisotopic (exact) mass is 218 g/mol. The van der Waals surface area contributed by atoms with Gasteiger partial charge in [-0.1, -0.05) is 24.3 Å². The number of hydrogen-bond acceptors (Lipinski definition) is 3. The minimum absolute atomic E-state index is 0.458. The summed E-state index contributed by atoms with van der Waals surface area (Å²) in [6.45, 7) is 0. The van der Waals surface area contributed by atoms with Crippen LogP contribution in [0, 0.1) is 0 Å². The number of ketones is 1. The van der Waals surface area contributed by atoms with E-state index in [4.69, 9.17) is 10.0 Å². The van der Waals surface area contributed by atoms with Gasteiger partial charge in [0.25, 0.3) is 5.78 Å². The van der Waals surface area contributed by atoms with Gasteiger partial charge in [0.1, 0.15) is 0 Å². The highest BCUT2D eigenvalue weighted by Gasteiger charge is 2.41. The van der Waals surface area contributed by atoms with E-state index in [0.29, 0.717) is 0 Å². The van der Waals surface area contributed by atoms with Crippen molar-refractivity contribution >= 4 is 18.4 Å². The smallest absolute Gasteiger partial charge is 0.423 e. The van der Waals surface area contributed by atoms with Gasteiger partial charge in [0.15, 0.2) is 0 Å². The van der Waals surface area contributed by atoms with Crippen LogP contribution in [0.15, 0.2) is 24.3 Å². The largest absolute Gasteiger partial charge is 0.489 e. The lowest BCUT2D eigenvalue weighted by Crippen LogP contribution is -2.38. The van der Waals surface area contributed by atoms with Crippen LogP contribution in [-0.2, 0) is 0 Å². The second-order valence-electron chi connectivity index (χ2n) is 2.79. The van der Waals surface area contributed by atoms with Gasteiger partial charge in [0, 0.05) is 5.56 Å². The van der Waals surface area contributed by atoms with Crippen molar-refractivity contribution in [2.75, 3.05) is 0 Å². The van der Waals surface area contributed by atoms with Crippen LogP contribution in [0.1, 0.15) is 10.4 Å². The van der Waals surface area contributed by atoms with Crippen LogP contribution in [0.4, 0.5) is 13.2 Å². The average molecular weight is 218 g/mol. The fourth-order valence-corrected chi connectivity index (χ4v) is 1.08. The third-order valence-corrected chi connectivity index (χ3v) is 1.74. The Balaban J connectivity index is 3.20. The molecule has 0 spiro atoms. The summed E-state index contributed by atoms with van der Waals surface area (Å²) < 4.78 is 36.2. The summed E-state index contributed by atoms with van der Waals surface area (Å²) in [7, 11) is -2.10. The maximum atomic E-state index is 12.1. The molecule has 0 amide bonds. The number of Topliss-reactive ketones (excluding diaryl/α,β-unsaturated/α-hetero) is 1. The van der Waals surface area contributed by atoms with Gasteiger partial charge in [0.2, 0.25) is 0 Å². The molecule has 0 aliphatic carbocycles. The number of rotatable bonds is 2. The fourth-order valence-electron chi connectivity index (χ4n) is 1.08. The molecule has 0 aromatic heterocycles. The Labute approximate surface area is 83.3 Å². The molecule has 80 valence electrons. The molecule has 0 saturated carbocycles. The van der Waals surface area contributed by atoms with E-state index in [1.807, 2.05) is 0 Å². The highest BCUT2D eigenvalue weighted by atomic mass is 19.4. The number of halogens is 3. The van der Waals surface area contributed by atoms with E-state index in [1.165, 1.54) is 12.1 Å². The summed E-state index contributed by atoms with van der Waals surface area (Å²) in [4.78, 5) is 10.8. The number of hydrogen-bond donors (Lipinski definition) is 2. The molecule has 0 bridgehead atoms. The summed E-state index contributed by atoms with van der Waals surface area (Å²) in [6, 6.07) is 4.46. The van der Waals surface area contributed by atoms with E-state index in [-0.39, 0.29) is 0 Å². The Kier molecular flexibility index (Phi) is 3.16. The standard InChI is InChI=1S/C8H6BF3O3/c10-8(11,12)7(13)5-3-1-2-4-6(5)9(14)15/h1-4,14-15H. The SMILES string of the molecule is O=C(c1ccccc1B(O)O)C(F)(F)F. The fraction of sp³-hybridized carbons (Fsp3) is 0.125. The molecule has 0 heterocycles. The van der Waals surface area contributed by atoms with Crippen molar-refractivity contribution in [2.45, 2.75) is 6.18 Å². The summed E-state index contributed by atoms with van der Waals surface area (Å²) >= 11 is 0. The maximum absolute atomic E-state index is 12.1. The predicted octanol–water partition coefficient (Wildman–Crippen LogP) is 0.111. The zero-order valence-electron chi connectivity index (χ0n) is 7.32. The molecular formula is C8H6BF3O3. The molecule has 15 heavy (non-hydrogen) atoms.